The van der Waals surface area contributed by atoms with Gasteiger partial charge >= 0.3 is 0 Å². The maximum atomic E-state index is 9.37. The van der Waals surface area contributed by atoms with E-state index >= 15 is 0 Å². The Hall–Kier alpha value is -0.240. The van der Waals surface area contributed by atoms with Crippen LogP contribution in [-0.2, 0) is 0 Å². The minimum absolute atomic E-state index is 0.326. The summed E-state index contributed by atoms with van der Waals surface area (Å²) in [5.41, 5.74) is 2.64. The monoisotopic (exact) mass is 481 g/mol. The number of rotatable bonds is 4. The molecule has 1 aliphatic heterocycles. The first kappa shape index (κ1) is 15.2. The molecule has 2 nitrogen and oxygen atoms in total. The average molecular weight is 481 g/mol. The van der Waals surface area contributed by atoms with Gasteiger partial charge in [0.1, 0.15) is 5.75 Å². The molecule has 0 saturated carbocycles. The maximum absolute atomic E-state index is 9.37. The molecular weight excluding hydrogens is 464 g/mol. The van der Waals surface area contributed by atoms with Gasteiger partial charge in [-0.2, -0.15) is 0 Å². The third kappa shape index (κ3) is 3.65. The number of phenolic OH excluding ortho intramolecular Hbond substituents is 1. The highest BCUT2D eigenvalue weighted by Crippen LogP contribution is 2.38. The fourth-order valence-electron chi connectivity index (χ4n) is 2.12. The third-order valence-corrected chi connectivity index (χ3v) is 7.40. The predicted molar refractivity (Wildman–Crippen MR) is 97.1 cm³/mol. The second kappa shape index (κ2) is 6.97. The molecule has 102 valence electrons. The summed E-state index contributed by atoms with van der Waals surface area (Å²) < 4.78 is 0.818. The van der Waals surface area contributed by atoms with Crippen LogP contribution in [0.4, 0.5) is 0 Å². The van der Waals surface area contributed by atoms with Crippen LogP contribution in [0, 0.1) is 0 Å². The molecule has 0 aliphatic carbocycles. The number of allylic oxidation sites excluding steroid dienone is 3. The molecule has 2 unspecified atom stereocenters. The SMILES string of the molecule is CCN1CC=CC=C1C(I)C(I)c1ccc(O)cc1. The normalized spacial score (nSPS) is 18.1. The van der Waals surface area contributed by atoms with Crippen molar-refractivity contribution in [3.8, 4) is 5.75 Å². The van der Waals surface area contributed by atoms with Crippen LogP contribution >= 0.6 is 45.2 Å². The molecule has 19 heavy (non-hydrogen) atoms. The number of hydrogen-bond acceptors (Lipinski definition) is 2. The summed E-state index contributed by atoms with van der Waals surface area (Å²) in [6.07, 6.45) is 6.56. The maximum Gasteiger partial charge on any atom is 0.115 e. The van der Waals surface area contributed by atoms with Crippen molar-refractivity contribution in [3.05, 3.63) is 53.8 Å². The number of alkyl halides is 2. The van der Waals surface area contributed by atoms with Crippen LogP contribution in [0.15, 0.2) is 48.2 Å². The summed E-state index contributed by atoms with van der Waals surface area (Å²) in [4.78, 5) is 2.41. The van der Waals surface area contributed by atoms with E-state index in [0.717, 1.165) is 13.1 Å². The van der Waals surface area contributed by atoms with Gasteiger partial charge in [0, 0.05) is 18.8 Å². The fourth-order valence-corrected chi connectivity index (χ4v) is 3.92. The van der Waals surface area contributed by atoms with Crippen molar-refractivity contribution in [3.63, 3.8) is 0 Å². The molecule has 0 radical (unpaired) electrons. The molecule has 0 bridgehead atoms. The molecule has 2 rings (SSSR count). The van der Waals surface area contributed by atoms with Gasteiger partial charge in [0.15, 0.2) is 0 Å². The number of aromatic hydroxyl groups is 1. The van der Waals surface area contributed by atoms with Gasteiger partial charge in [-0.1, -0.05) is 69.5 Å². The van der Waals surface area contributed by atoms with E-state index in [4.69, 9.17) is 0 Å². The summed E-state index contributed by atoms with van der Waals surface area (Å²) in [7, 11) is 0. The summed E-state index contributed by atoms with van der Waals surface area (Å²) in [5.74, 6) is 0.326. The van der Waals surface area contributed by atoms with Crippen LogP contribution in [-0.4, -0.2) is 27.0 Å². The zero-order valence-corrected chi connectivity index (χ0v) is 15.1. The molecule has 0 spiro atoms. The van der Waals surface area contributed by atoms with Gasteiger partial charge in [0.05, 0.1) is 7.85 Å². The summed E-state index contributed by atoms with van der Waals surface area (Å²) in [6.45, 7) is 4.23. The molecular formula is C15H17I2NO. The summed E-state index contributed by atoms with van der Waals surface area (Å²) >= 11 is 5.02. The summed E-state index contributed by atoms with van der Waals surface area (Å²) in [5, 5.41) is 9.37. The zero-order valence-electron chi connectivity index (χ0n) is 10.8. The molecule has 1 aliphatic rings. The Balaban J connectivity index is 2.18. The minimum atomic E-state index is 0.326. The van der Waals surface area contributed by atoms with Crippen molar-refractivity contribution >= 4 is 45.2 Å². The van der Waals surface area contributed by atoms with Gasteiger partial charge in [-0.3, -0.25) is 0 Å². The van der Waals surface area contributed by atoms with Crippen LogP contribution in [0.1, 0.15) is 16.4 Å². The first-order valence-electron chi connectivity index (χ1n) is 6.32. The van der Waals surface area contributed by atoms with Gasteiger partial charge in [-0.25, -0.2) is 0 Å². The molecule has 1 aromatic rings. The van der Waals surface area contributed by atoms with Crippen molar-refractivity contribution in [2.75, 3.05) is 13.1 Å². The molecule has 2 atom stereocenters. The lowest BCUT2D eigenvalue weighted by Crippen LogP contribution is -2.30. The minimum Gasteiger partial charge on any atom is -0.508 e. The molecule has 0 saturated heterocycles. The smallest absolute Gasteiger partial charge is 0.115 e. The van der Waals surface area contributed by atoms with Crippen LogP contribution in [0.5, 0.6) is 5.75 Å². The third-order valence-electron chi connectivity index (χ3n) is 3.23. The van der Waals surface area contributed by atoms with E-state index in [9.17, 15) is 5.11 Å². The first-order chi connectivity index (χ1) is 9.13. The topological polar surface area (TPSA) is 23.5 Å². The van der Waals surface area contributed by atoms with Crippen molar-refractivity contribution < 1.29 is 5.11 Å². The van der Waals surface area contributed by atoms with Gasteiger partial charge in [0.25, 0.3) is 0 Å². The standard InChI is InChI=1S/C15H17I2NO/c1-2-18-10-4-3-5-13(18)15(17)14(16)11-6-8-12(19)9-7-11/h3-9,14-15,19H,2,10H2,1H3. The Morgan fingerprint density at radius 3 is 2.53 bits per heavy atom. The van der Waals surface area contributed by atoms with E-state index in [-0.39, 0.29) is 0 Å². The van der Waals surface area contributed by atoms with E-state index in [2.05, 4.69) is 75.2 Å². The fraction of sp³-hybridized carbons (Fsp3) is 0.333. The quantitative estimate of drug-likeness (QED) is 0.508. The number of halogens is 2. The lowest BCUT2D eigenvalue weighted by molar-refractivity contribution is 0.387. The Bertz CT molecular complexity index is 481. The highest BCUT2D eigenvalue weighted by Gasteiger charge is 2.25. The lowest BCUT2D eigenvalue weighted by atomic mass is 10.1. The predicted octanol–water partition coefficient (Wildman–Crippen LogP) is 4.45. The van der Waals surface area contributed by atoms with Gasteiger partial charge < -0.3 is 10.0 Å². The van der Waals surface area contributed by atoms with E-state index in [1.807, 2.05) is 12.1 Å². The molecule has 0 fully saturated rings. The van der Waals surface area contributed by atoms with Crippen molar-refractivity contribution in [2.24, 2.45) is 0 Å². The Morgan fingerprint density at radius 1 is 1.21 bits per heavy atom. The number of nitrogens with zero attached hydrogens (tertiary/aromatic N) is 1. The van der Waals surface area contributed by atoms with Crippen LogP contribution in [0.25, 0.3) is 0 Å². The molecule has 1 aromatic carbocycles. The van der Waals surface area contributed by atoms with Gasteiger partial charge in [-0.05, 0) is 30.7 Å². The van der Waals surface area contributed by atoms with Gasteiger partial charge in [-0.15, -0.1) is 0 Å². The summed E-state index contributed by atoms with van der Waals surface area (Å²) in [6, 6.07) is 7.54. The van der Waals surface area contributed by atoms with E-state index < -0.39 is 0 Å². The number of benzene rings is 1. The Kier molecular flexibility index (Phi) is 5.56. The molecule has 0 aromatic heterocycles. The van der Waals surface area contributed by atoms with Crippen molar-refractivity contribution in [1.82, 2.24) is 4.90 Å². The zero-order chi connectivity index (χ0) is 13.8. The number of hydrogen-bond donors (Lipinski definition) is 1. The number of likely N-dealkylation sites (N-methyl/N-ethyl adjacent to an activating group) is 1. The van der Waals surface area contributed by atoms with Crippen LogP contribution in [0.3, 0.4) is 0 Å². The van der Waals surface area contributed by atoms with E-state index in [0.29, 0.717) is 13.6 Å². The second-order valence-corrected chi connectivity index (χ2v) is 7.14. The molecule has 0 amide bonds. The van der Waals surface area contributed by atoms with E-state index in [1.54, 1.807) is 12.1 Å². The van der Waals surface area contributed by atoms with Crippen molar-refractivity contribution in [1.29, 1.82) is 0 Å². The average Bonchev–Trinajstić information content (AvgIpc) is 2.46. The highest BCUT2D eigenvalue weighted by atomic mass is 127. The molecule has 4 heteroatoms. The first-order valence-corrected chi connectivity index (χ1v) is 8.81. The molecule has 1 heterocycles. The van der Waals surface area contributed by atoms with E-state index in [1.165, 1.54) is 11.3 Å². The highest BCUT2D eigenvalue weighted by molar-refractivity contribution is 14.1. The molecule has 1 N–H and O–H groups in total. The second-order valence-electron chi connectivity index (χ2n) is 4.45. The lowest BCUT2D eigenvalue weighted by Gasteiger charge is -2.32. The Morgan fingerprint density at radius 2 is 1.89 bits per heavy atom. The van der Waals surface area contributed by atoms with Gasteiger partial charge in [0.2, 0.25) is 0 Å². The van der Waals surface area contributed by atoms with Crippen LogP contribution < -0.4 is 0 Å². The van der Waals surface area contributed by atoms with Crippen molar-refractivity contribution in [2.45, 2.75) is 14.8 Å². The largest absolute Gasteiger partial charge is 0.508 e. The number of phenols is 1. The Labute approximate surface area is 141 Å². The van der Waals surface area contributed by atoms with Crippen LogP contribution in [0.2, 0.25) is 0 Å².